The van der Waals surface area contributed by atoms with Gasteiger partial charge in [-0.3, -0.25) is 4.57 Å². The average molecular weight is 264 g/mol. The molecule has 3 aromatic rings. The summed E-state index contributed by atoms with van der Waals surface area (Å²) in [6.07, 6.45) is 0. The summed E-state index contributed by atoms with van der Waals surface area (Å²) in [7, 11) is 1.63. The predicted octanol–water partition coefficient (Wildman–Crippen LogP) is 1.84. The Morgan fingerprint density at radius 2 is 2.18 bits per heavy atom. The van der Waals surface area contributed by atoms with Gasteiger partial charge in [0.25, 0.3) is 0 Å². The number of nitrogens with one attached hydrogen (secondary N) is 1. The largest absolute Gasteiger partial charge is 0.342 e. The number of hydrogen-bond donors (Lipinski definition) is 1. The third kappa shape index (κ3) is 1.55. The van der Waals surface area contributed by atoms with E-state index in [1.54, 1.807) is 7.05 Å². The molecule has 7 heteroatoms. The smallest absolute Gasteiger partial charge is 0.271 e. The van der Waals surface area contributed by atoms with Crippen molar-refractivity contribution >= 4 is 33.8 Å². The van der Waals surface area contributed by atoms with Crippen LogP contribution >= 0.6 is 23.6 Å². The molecular weight excluding hydrogens is 256 g/mol. The molecule has 0 aliphatic carbocycles. The van der Waals surface area contributed by atoms with Crippen LogP contribution in [0.4, 0.5) is 0 Å². The second-order valence-corrected chi connectivity index (χ2v) is 4.93. The van der Waals surface area contributed by atoms with Gasteiger partial charge in [0.05, 0.1) is 10.2 Å². The van der Waals surface area contributed by atoms with E-state index in [0.29, 0.717) is 9.90 Å². The lowest BCUT2D eigenvalue weighted by Gasteiger charge is -1.92. The Labute approximate surface area is 105 Å². The molecule has 0 spiro atoms. The monoisotopic (exact) mass is 264 g/mol. The first kappa shape index (κ1) is 10.4. The van der Waals surface area contributed by atoms with Crippen molar-refractivity contribution in [2.75, 3.05) is 0 Å². The molecule has 0 atom stereocenters. The fourth-order valence-electron chi connectivity index (χ4n) is 1.54. The molecule has 2 aromatic heterocycles. The first-order chi connectivity index (χ1) is 8.16. The van der Waals surface area contributed by atoms with Gasteiger partial charge >= 0.3 is 5.69 Å². The molecule has 0 aliphatic heterocycles. The molecule has 0 bridgehead atoms. The van der Waals surface area contributed by atoms with Crippen molar-refractivity contribution in [2.24, 2.45) is 7.05 Å². The van der Waals surface area contributed by atoms with Gasteiger partial charge in [-0.25, -0.2) is 14.9 Å². The van der Waals surface area contributed by atoms with E-state index >= 15 is 0 Å². The summed E-state index contributed by atoms with van der Waals surface area (Å²) in [4.78, 5) is 15.9. The molecule has 0 unspecified atom stereocenters. The van der Waals surface area contributed by atoms with E-state index in [2.05, 4.69) is 10.1 Å². The lowest BCUT2D eigenvalue weighted by Crippen LogP contribution is -2.12. The van der Waals surface area contributed by atoms with Crippen LogP contribution in [0.2, 0.25) is 0 Å². The third-order valence-electron chi connectivity index (χ3n) is 2.46. The topological polar surface area (TPSA) is 55.6 Å². The fraction of sp³-hybridized carbons (Fsp3) is 0.100. The molecule has 0 fully saturated rings. The first-order valence-corrected chi connectivity index (χ1v) is 6.13. The number of fused-ring (bicyclic) bond motifs is 1. The average Bonchev–Trinajstić information content (AvgIpc) is 2.86. The van der Waals surface area contributed by atoms with Crippen molar-refractivity contribution in [1.82, 2.24) is 19.3 Å². The fourth-order valence-corrected chi connectivity index (χ4v) is 2.74. The number of aromatic nitrogens is 4. The standard InChI is InChI=1S/C10H8N4OS2/c1-13-8(15)12-14(10(13)16)9-11-6-4-2-3-5-7(6)17-9/h2-5H,1H3,(H,12,15). The number of thiazole rings is 1. The van der Waals surface area contributed by atoms with Crippen molar-refractivity contribution in [2.45, 2.75) is 0 Å². The summed E-state index contributed by atoms with van der Waals surface area (Å²) in [5.41, 5.74) is 0.661. The molecule has 2 heterocycles. The van der Waals surface area contributed by atoms with Gasteiger partial charge in [-0.05, 0) is 24.4 Å². The maximum Gasteiger partial charge on any atom is 0.342 e. The Balaban J connectivity index is 2.31. The number of para-hydroxylation sites is 1. The summed E-state index contributed by atoms with van der Waals surface area (Å²) in [6, 6.07) is 7.80. The van der Waals surface area contributed by atoms with Crippen LogP contribution in [0.25, 0.3) is 15.3 Å². The number of H-pyrrole nitrogens is 1. The zero-order valence-electron chi connectivity index (χ0n) is 8.88. The SMILES string of the molecule is Cn1c(=O)[nH]n(-c2nc3ccccc3s2)c1=S. The summed E-state index contributed by atoms with van der Waals surface area (Å²) in [6.45, 7) is 0. The predicted molar refractivity (Wildman–Crippen MR) is 69.4 cm³/mol. The van der Waals surface area contributed by atoms with E-state index in [4.69, 9.17) is 12.2 Å². The zero-order valence-corrected chi connectivity index (χ0v) is 10.5. The van der Waals surface area contributed by atoms with Gasteiger partial charge < -0.3 is 0 Å². The number of benzene rings is 1. The van der Waals surface area contributed by atoms with Gasteiger partial charge in [-0.1, -0.05) is 23.5 Å². The van der Waals surface area contributed by atoms with E-state index in [1.165, 1.54) is 20.6 Å². The van der Waals surface area contributed by atoms with E-state index in [1.807, 2.05) is 24.3 Å². The van der Waals surface area contributed by atoms with Crippen molar-refractivity contribution in [3.05, 3.63) is 39.5 Å². The Kier molecular flexibility index (Phi) is 2.23. The second kappa shape index (κ2) is 3.64. The second-order valence-electron chi connectivity index (χ2n) is 3.56. The van der Waals surface area contributed by atoms with Crippen LogP contribution in [-0.2, 0) is 7.05 Å². The zero-order chi connectivity index (χ0) is 12.0. The van der Waals surface area contributed by atoms with E-state index < -0.39 is 0 Å². The Morgan fingerprint density at radius 1 is 1.41 bits per heavy atom. The van der Waals surface area contributed by atoms with Gasteiger partial charge in [0.15, 0.2) is 0 Å². The number of hydrogen-bond acceptors (Lipinski definition) is 4. The maximum atomic E-state index is 11.4. The van der Waals surface area contributed by atoms with Crippen molar-refractivity contribution in [1.29, 1.82) is 0 Å². The highest BCUT2D eigenvalue weighted by Crippen LogP contribution is 2.23. The molecule has 17 heavy (non-hydrogen) atoms. The van der Waals surface area contributed by atoms with E-state index in [9.17, 15) is 4.79 Å². The lowest BCUT2D eigenvalue weighted by molar-refractivity contribution is 0.831. The van der Waals surface area contributed by atoms with Crippen LogP contribution in [-0.4, -0.2) is 19.3 Å². The molecule has 0 radical (unpaired) electrons. The van der Waals surface area contributed by atoms with Crippen LogP contribution in [0, 0.1) is 4.77 Å². The number of rotatable bonds is 1. The summed E-state index contributed by atoms with van der Waals surface area (Å²) in [5.74, 6) is 0. The molecular formula is C10H8N4OS2. The quantitative estimate of drug-likeness (QED) is 0.682. The van der Waals surface area contributed by atoms with Crippen molar-refractivity contribution in [3.8, 4) is 5.13 Å². The van der Waals surface area contributed by atoms with Crippen molar-refractivity contribution < 1.29 is 0 Å². The van der Waals surface area contributed by atoms with Gasteiger partial charge in [-0.2, -0.15) is 4.68 Å². The van der Waals surface area contributed by atoms with Crippen LogP contribution in [0.1, 0.15) is 0 Å². The van der Waals surface area contributed by atoms with Crippen LogP contribution in [0.5, 0.6) is 0 Å². The minimum Gasteiger partial charge on any atom is -0.271 e. The summed E-state index contributed by atoms with van der Waals surface area (Å²) < 4.78 is 4.38. The van der Waals surface area contributed by atoms with Gasteiger partial charge in [-0.15, -0.1) is 0 Å². The molecule has 0 saturated carbocycles. The molecule has 0 aliphatic rings. The third-order valence-corrected chi connectivity index (χ3v) is 3.94. The number of aromatic amines is 1. The summed E-state index contributed by atoms with van der Waals surface area (Å²) >= 11 is 6.65. The molecule has 0 amide bonds. The maximum absolute atomic E-state index is 11.4. The highest BCUT2D eigenvalue weighted by Gasteiger charge is 2.09. The van der Waals surface area contributed by atoms with Crippen LogP contribution in [0.15, 0.2) is 29.1 Å². The Hall–Kier alpha value is -1.73. The Morgan fingerprint density at radius 3 is 2.82 bits per heavy atom. The van der Waals surface area contributed by atoms with Gasteiger partial charge in [0.1, 0.15) is 0 Å². The van der Waals surface area contributed by atoms with Crippen LogP contribution < -0.4 is 5.69 Å². The van der Waals surface area contributed by atoms with Gasteiger partial charge in [0, 0.05) is 7.05 Å². The van der Waals surface area contributed by atoms with Crippen molar-refractivity contribution in [3.63, 3.8) is 0 Å². The molecule has 5 nitrogen and oxygen atoms in total. The minimum absolute atomic E-state index is 0.241. The molecule has 86 valence electrons. The number of nitrogens with zero attached hydrogens (tertiary/aromatic N) is 3. The minimum atomic E-state index is -0.241. The van der Waals surface area contributed by atoms with Gasteiger partial charge in [0.2, 0.25) is 9.90 Å². The van der Waals surface area contributed by atoms with E-state index in [0.717, 1.165) is 10.2 Å². The highest BCUT2D eigenvalue weighted by molar-refractivity contribution is 7.71. The molecule has 1 aromatic carbocycles. The highest BCUT2D eigenvalue weighted by atomic mass is 32.1. The molecule has 3 rings (SSSR count). The molecule has 0 saturated heterocycles. The molecule has 1 N–H and O–H groups in total. The summed E-state index contributed by atoms with van der Waals surface area (Å²) in [5, 5.41) is 3.33. The van der Waals surface area contributed by atoms with E-state index in [-0.39, 0.29) is 5.69 Å². The van der Waals surface area contributed by atoms with Crippen LogP contribution in [0.3, 0.4) is 0 Å². The Bertz CT molecular complexity index is 774. The normalized spacial score (nSPS) is 11.1. The first-order valence-electron chi connectivity index (χ1n) is 4.91. The lowest BCUT2D eigenvalue weighted by atomic mass is 10.3.